The van der Waals surface area contributed by atoms with Gasteiger partial charge in [0.05, 0.1) is 20.5 Å². The highest BCUT2D eigenvalue weighted by molar-refractivity contribution is 7.92. The molecule has 1 aromatic heterocycles. The molecule has 4 rings (SSSR count). The summed E-state index contributed by atoms with van der Waals surface area (Å²) in [6.07, 6.45) is 0.969. The van der Waals surface area contributed by atoms with Gasteiger partial charge in [0.25, 0.3) is 15.9 Å². The zero-order chi connectivity index (χ0) is 29.6. The Morgan fingerprint density at radius 1 is 1.05 bits per heavy atom. The Morgan fingerprint density at radius 3 is 2.51 bits per heavy atom. The second-order valence-electron chi connectivity index (χ2n) is 9.39. The Hall–Kier alpha value is -3.06. The van der Waals surface area contributed by atoms with Crippen molar-refractivity contribution in [1.82, 2.24) is 15.2 Å². The van der Waals surface area contributed by atoms with E-state index in [9.17, 15) is 26.4 Å². The topological polar surface area (TPSA) is 101 Å². The summed E-state index contributed by atoms with van der Waals surface area (Å²) in [6, 6.07) is 9.52. The van der Waals surface area contributed by atoms with Crippen molar-refractivity contribution in [3.63, 3.8) is 0 Å². The molecule has 220 valence electrons. The third kappa shape index (κ3) is 8.48. The van der Waals surface area contributed by atoms with Crippen molar-refractivity contribution in [2.24, 2.45) is 0 Å². The molecule has 2 heterocycles. The molecule has 41 heavy (non-hydrogen) atoms. The second-order valence-corrected chi connectivity index (χ2v) is 11.9. The summed E-state index contributed by atoms with van der Waals surface area (Å²) in [5.74, 6) is -0.299. The number of sulfonamides is 1. The van der Waals surface area contributed by atoms with E-state index < -0.39 is 31.7 Å². The molecule has 1 aliphatic heterocycles. The van der Waals surface area contributed by atoms with Gasteiger partial charge in [-0.2, -0.15) is 13.2 Å². The maximum Gasteiger partial charge on any atom is 0.417 e. The van der Waals surface area contributed by atoms with Crippen molar-refractivity contribution in [1.29, 1.82) is 0 Å². The number of alkyl halides is 3. The molecule has 3 aromatic rings. The molecule has 0 unspecified atom stereocenters. The molecule has 1 saturated heterocycles. The summed E-state index contributed by atoms with van der Waals surface area (Å²) >= 11 is 11.7. The summed E-state index contributed by atoms with van der Waals surface area (Å²) in [7, 11) is -4.42. The van der Waals surface area contributed by atoms with Gasteiger partial charge in [-0.3, -0.25) is 9.52 Å². The van der Waals surface area contributed by atoms with E-state index in [1.807, 2.05) is 0 Å². The number of halogens is 5. The van der Waals surface area contributed by atoms with E-state index >= 15 is 0 Å². The van der Waals surface area contributed by atoms with Gasteiger partial charge < -0.3 is 15.0 Å². The largest absolute Gasteiger partial charge is 0.437 e. The first-order valence-electron chi connectivity index (χ1n) is 12.8. The Labute approximate surface area is 245 Å². The summed E-state index contributed by atoms with van der Waals surface area (Å²) in [5.41, 5.74) is -1.02. The van der Waals surface area contributed by atoms with Crippen LogP contribution in [0.25, 0.3) is 0 Å². The lowest BCUT2D eigenvalue weighted by Gasteiger charge is -2.26. The van der Waals surface area contributed by atoms with E-state index in [0.717, 1.165) is 32.1 Å². The average molecular weight is 632 g/mol. The summed E-state index contributed by atoms with van der Waals surface area (Å²) in [5, 5.41) is 2.18. The van der Waals surface area contributed by atoms with E-state index in [1.54, 1.807) is 18.2 Å². The highest BCUT2D eigenvalue weighted by Gasteiger charge is 2.34. The van der Waals surface area contributed by atoms with Crippen LogP contribution in [0.5, 0.6) is 11.6 Å². The number of benzene rings is 2. The van der Waals surface area contributed by atoms with E-state index in [4.69, 9.17) is 27.9 Å². The van der Waals surface area contributed by atoms with Crippen molar-refractivity contribution in [3.8, 4) is 11.6 Å². The number of nitrogens with zero attached hydrogens (tertiary/aromatic N) is 2. The third-order valence-electron chi connectivity index (χ3n) is 6.31. The minimum absolute atomic E-state index is 0.0678. The van der Waals surface area contributed by atoms with Crippen molar-refractivity contribution < 1.29 is 31.1 Å². The molecule has 1 aliphatic rings. The molecule has 0 saturated carbocycles. The number of piperidine rings is 1. The molecule has 0 aliphatic carbocycles. The lowest BCUT2D eigenvalue weighted by Crippen LogP contribution is -2.33. The number of rotatable bonds is 10. The molecule has 2 aromatic carbocycles. The summed E-state index contributed by atoms with van der Waals surface area (Å²) < 4.78 is 73.0. The zero-order valence-electron chi connectivity index (χ0n) is 21.7. The summed E-state index contributed by atoms with van der Waals surface area (Å²) in [6.45, 7) is 3.60. The van der Waals surface area contributed by atoms with Gasteiger partial charge in [-0.05, 0) is 81.4 Å². The number of carbonyl (C=O) groups is 1. The molecule has 1 amide bonds. The van der Waals surface area contributed by atoms with E-state index in [1.165, 1.54) is 37.6 Å². The van der Waals surface area contributed by atoms with Gasteiger partial charge in [0.15, 0.2) is 0 Å². The van der Waals surface area contributed by atoms with E-state index in [2.05, 4.69) is 19.9 Å². The highest BCUT2D eigenvalue weighted by atomic mass is 35.5. The van der Waals surface area contributed by atoms with E-state index in [0.29, 0.717) is 24.2 Å². The fraction of sp³-hybridized carbons (Fsp3) is 0.333. The maximum atomic E-state index is 13.0. The number of anilines is 1. The first kappa shape index (κ1) is 30.9. The molecule has 0 radical (unpaired) electrons. The molecule has 14 heteroatoms. The number of likely N-dealkylation sites (tertiary alicyclic amines) is 1. The maximum absolute atomic E-state index is 13.0. The van der Waals surface area contributed by atoms with Gasteiger partial charge in [0.2, 0.25) is 5.88 Å². The third-order valence-corrected chi connectivity index (χ3v) is 8.20. The van der Waals surface area contributed by atoms with Gasteiger partial charge in [0, 0.05) is 18.3 Å². The van der Waals surface area contributed by atoms with Crippen molar-refractivity contribution in [2.75, 3.05) is 30.9 Å². The van der Waals surface area contributed by atoms with Crippen LogP contribution in [0.4, 0.5) is 18.9 Å². The predicted octanol–water partition coefficient (Wildman–Crippen LogP) is 6.61. The molecule has 0 spiro atoms. The van der Waals surface area contributed by atoms with Gasteiger partial charge >= 0.3 is 6.18 Å². The van der Waals surface area contributed by atoms with Crippen LogP contribution < -0.4 is 14.8 Å². The predicted molar refractivity (Wildman–Crippen MR) is 150 cm³/mol. The lowest BCUT2D eigenvalue weighted by atomic mass is 10.1. The second kappa shape index (κ2) is 13.3. The molecule has 8 nitrogen and oxygen atoms in total. The SMILES string of the molecule is O=C(NCCCN1CCCCC1)c1cccc(Oc2ncc(Cl)cc2NS(=O)(=O)c2ccc(C(F)(F)F)c(Cl)c2)c1. The molecule has 2 N–H and O–H groups in total. The van der Waals surface area contributed by atoms with Crippen molar-refractivity contribution in [3.05, 3.63) is 75.9 Å². The van der Waals surface area contributed by atoms with Gasteiger partial charge in [-0.1, -0.05) is 35.7 Å². The van der Waals surface area contributed by atoms with Crippen molar-refractivity contribution in [2.45, 2.75) is 36.8 Å². The number of aromatic nitrogens is 1. The van der Waals surface area contributed by atoms with Gasteiger partial charge in [-0.25, -0.2) is 13.4 Å². The van der Waals surface area contributed by atoms with Gasteiger partial charge in [-0.15, -0.1) is 0 Å². The summed E-state index contributed by atoms with van der Waals surface area (Å²) in [4.78, 5) is 18.6. The standard InChI is InChI=1S/C27H27Cl2F3N4O4S/c28-19-15-24(35-41(38,39)21-8-9-22(23(29)16-21)27(30,31)32)26(34-17-19)40-20-7-4-6-18(14-20)25(37)33-10-5-13-36-11-2-1-3-12-36/h4,6-9,14-17,35H,1-3,5,10-13H2,(H,33,37). The average Bonchev–Trinajstić information content (AvgIpc) is 2.92. The fourth-order valence-corrected chi connectivity index (χ4v) is 5.86. The van der Waals surface area contributed by atoms with Crippen LogP contribution in [0, 0.1) is 0 Å². The first-order valence-corrected chi connectivity index (χ1v) is 15.0. The van der Waals surface area contributed by atoms with Crippen LogP contribution in [0.1, 0.15) is 41.6 Å². The minimum atomic E-state index is -4.75. The quantitative estimate of drug-likeness (QED) is 0.245. The Morgan fingerprint density at radius 2 is 1.80 bits per heavy atom. The lowest BCUT2D eigenvalue weighted by molar-refractivity contribution is -0.137. The number of nitrogens with one attached hydrogen (secondary N) is 2. The molecule has 0 atom stereocenters. The van der Waals surface area contributed by atoms with Crippen LogP contribution in [-0.2, 0) is 16.2 Å². The van der Waals surface area contributed by atoms with Crippen LogP contribution in [0.2, 0.25) is 10.0 Å². The Balaban J connectivity index is 1.44. The molecule has 0 bridgehead atoms. The van der Waals surface area contributed by atoms with Crippen LogP contribution in [-0.4, -0.2) is 50.4 Å². The van der Waals surface area contributed by atoms with Crippen LogP contribution >= 0.6 is 23.2 Å². The number of carbonyl (C=O) groups excluding carboxylic acids is 1. The monoisotopic (exact) mass is 630 g/mol. The number of pyridine rings is 1. The number of hydrogen-bond donors (Lipinski definition) is 2. The Kier molecular flexibility index (Phi) is 10.0. The normalized spacial score (nSPS) is 14.5. The Bertz CT molecular complexity index is 1500. The van der Waals surface area contributed by atoms with E-state index in [-0.39, 0.29) is 28.2 Å². The van der Waals surface area contributed by atoms with Crippen LogP contribution in [0.3, 0.4) is 0 Å². The number of ether oxygens (including phenoxy) is 1. The van der Waals surface area contributed by atoms with Crippen molar-refractivity contribution >= 4 is 44.8 Å². The van der Waals surface area contributed by atoms with Crippen LogP contribution in [0.15, 0.2) is 59.6 Å². The molecular weight excluding hydrogens is 604 g/mol. The van der Waals surface area contributed by atoms with Gasteiger partial charge in [0.1, 0.15) is 11.4 Å². The smallest absolute Gasteiger partial charge is 0.417 e. The fourth-order valence-electron chi connectivity index (χ4n) is 4.28. The number of hydrogen-bond acceptors (Lipinski definition) is 6. The minimum Gasteiger partial charge on any atom is -0.437 e. The highest BCUT2D eigenvalue weighted by Crippen LogP contribution is 2.37. The number of amides is 1. The first-order chi connectivity index (χ1) is 19.4. The molecule has 1 fully saturated rings. The molecular formula is C27H27Cl2F3N4O4S. The zero-order valence-corrected chi connectivity index (χ0v) is 24.0.